The third kappa shape index (κ3) is 4.89. The summed E-state index contributed by atoms with van der Waals surface area (Å²) in [5.74, 6) is 2.19. The van der Waals surface area contributed by atoms with Crippen LogP contribution in [-0.2, 0) is 9.53 Å². The molecular formula is C34H41N3O3. The Kier molecular flexibility index (Phi) is 7.35. The highest BCUT2D eigenvalue weighted by molar-refractivity contribution is 6.01. The number of para-hydroxylation sites is 2. The number of carbonyl (C=O) groups excluding carboxylic acids is 1. The van der Waals surface area contributed by atoms with E-state index >= 15 is 0 Å². The van der Waals surface area contributed by atoms with E-state index in [0.717, 1.165) is 59.0 Å². The zero-order valence-corrected chi connectivity index (χ0v) is 24.1. The van der Waals surface area contributed by atoms with Crippen molar-refractivity contribution in [1.29, 1.82) is 0 Å². The molecule has 4 atom stereocenters. The summed E-state index contributed by atoms with van der Waals surface area (Å²) >= 11 is 0. The first-order chi connectivity index (χ1) is 19.5. The maximum Gasteiger partial charge on any atom is 0.163 e. The molecule has 2 aliphatic heterocycles. The predicted molar refractivity (Wildman–Crippen MR) is 162 cm³/mol. The molecule has 0 spiro atoms. The number of hydrogen-bond acceptors (Lipinski definition) is 6. The lowest BCUT2D eigenvalue weighted by Gasteiger charge is -2.41. The molecule has 40 heavy (non-hydrogen) atoms. The van der Waals surface area contributed by atoms with Crippen molar-refractivity contribution >= 4 is 22.8 Å². The van der Waals surface area contributed by atoms with E-state index in [1.54, 1.807) is 14.2 Å². The van der Waals surface area contributed by atoms with Gasteiger partial charge in [0, 0.05) is 53.5 Å². The van der Waals surface area contributed by atoms with Crippen molar-refractivity contribution in [3.05, 3.63) is 82.8 Å². The molecule has 6 nitrogen and oxygen atoms in total. The summed E-state index contributed by atoms with van der Waals surface area (Å²) in [5.41, 5.74) is 7.32. The molecule has 4 unspecified atom stereocenters. The first-order valence-corrected chi connectivity index (χ1v) is 14.8. The number of ketones is 1. The van der Waals surface area contributed by atoms with Gasteiger partial charge in [0.1, 0.15) is 5.75 Å². The fourth-order valence-electron chi connectivity index (χ4n) is 7.16. The molecule has 1 fully saturated rings. The number of methoxy groups -OCH3 is 2. The molecule has 4 aliphatic rings. The molecule has 6 heteroatoms. The molecule has 0 bridgehead atoms. The van der Waals surface area contributed by atoms with Gasteiger partial charge in [-0.3, -0.25) is 4.79 Å². The number of hydrogen-bond donors (Lipinski definition) is 2. The van der Waals surface area contributed by atoms with Crippen LogP contribution >= 0.6 is 0 Å². The Morgan fingerprint density at radius 1 is 0.900 bits per heavy atom. The molecule has 0 aromatic heterocycles. The molecule has 2 N–H and O–H groups in total. The Morgan fingerprint density at radius 2 is 1.68 bits per heavy atom. The number of ether oxygens (including phenoxy) is 2. The zero-order chi connectivity index (χ0) is 27.8. The third-order valence-corrected chi connectivity index (χ3v) is 9.26. The highest BCUT2D eigenvalue weighted by Gasteiger charge is 2.38. The SMILES string of the molecule is COC1=CC=C(C2CC(=O)C3=C(C2)Nc2ccccc2NC3c2ccc(N3C(C)CCCC3C)cc2OC)CC1. The number of piperidine rings is 1. The van der Waals surface area contributed by atoms with Gasteiger partial charge in [0.15, 0.2) is 5.78 Å². The third-order valence-electron chi connectivity index (χ3n) is 9.26. The van der Waals surface area contributed by atoms with Gasteiger partial charge in [0.2, 0.25) is 0 Å². The number of benzene rings is 2. The van der Waals surface area contributed by atoms with Gasteiger partial charge in [-0.1, -0.05) is 29.8 Å². The molecule has 0 saturated carbocycles. The monoisotopic (exact) mass is 539 g/mol. The highest BCUT2D eigenvalue weighted by Crippen LogP contribution is 2.46. The number of rotatable bonds is 5. The van der Waals surface area contributed by atoms with Gasteiger partial charge >= 0.3 is 0 Å². The van der Waals surface area contributed by atoms with Gasteiger partial charge in [0.05, 0.1) is 37.4 Å². The van der Waals surface area contributed by atoms with Gasteiger partial charge in [0.25, 0.3) is 0 Å². The van der Waals surface area contributed by atoms with E-state index in [1.165, 1.54) is 30.5 Å². The average molecular weight is 540 g/mol. The molecule has 6 rings (SSSR count). The molecule has 210 valence electrons. The summed E-state index contributed by atoms with van der Waals surface area (Å²) < 4.78 is 11.5. The Bertz CT molecular complexity index is 1380. The van der Waals surface area contributed by atoms with E-state index in [0.29, 0.717) is 18.5 Å². The lowest BCUT2D eigenvalue weighted by molar-refractivity contribution is -0.117. The molecular weight excluding hydrogens is 498 g/mol. The van der Waals surface area contributed by atoms with E-state index in [1.807, 2.05) is 12.1 Å². The minimum absolute atomic E-state index is 0.186. The minimum atomic E-state index is -0.305. The van der Waals surface area contributed by atoms with Crippen molar-refractivity contribution in [3.8, 4) is 5.75 Å². The number of carbonyl (C=O) groups is 1. The van der Waals surface area contributed by atoms with Crippen LogP contribution in [0, 0.1) is 5.92 Å². The first-order valence-electron chi connectivity index (χ1n) is 14.8. The quantitative estimate of drug-likeness (QED) is 0.410. The largest absolute Gasteiger partial charge is 0.501 e. The Morgan fingerprint density at radius 3 is 2.38 bits per heavy atom. The van der Waals surface area contributed by atoms with Crippen molar-refractivity contribution in [1.82, 2.24) is 0 Å². The van der Waals surface area contributed by atoms with E-state index in [9.17, 15) is 4.79 Å². The second-order valence-corrected chi connectivity index (χ2v) is 11.7. The molecule has 2 aromatic rings. The number of anilines is 3. The second-order valence-electron chi connectivity index (χ2n) is 11.7. The Balaban J connectivity index is 1.40. The van der Waals surface area contributed by atoms with Crippen LogP contribution in [0.1, 0.15) is 70.4 Å². The highest BCUT2D eigenvalue weighted by atomic mass is 16.5. The van der Waals surface area contributed by atoms with Crippen LogP contribution in [-0.4, -0.2) is 32.1 Å². The van der Waals surface area contributed by atoms with Crippen molar-refractivity contribution in [3.63, 3.8) is 0 Å². The number of allylic oxidation sites excluding steroid dienone is 5. The van der Waals surface area contributed by atoms with Gasteiger partial charge in [-0.2, -0.15) is 0 Å². The smallest absolute Gasteiger partial charge is 0.163 e. The van der Waals surface area contributed by atoms with Gasteiger partial charge in [-0.05, 0) is 76.1 Å². The minimum Gasteiger partial charge on any atom is -0.501 e. The van der Waals surface area contributed by atoms with Crippen molar-refractivity contribution < 1.29 is 14.3 Å². The summed E-state index contributed by atoms with van der Waals surface area (Å²) in [7, 11) is 3.46. The molecule has 2 aromatic carbocycles. The zero-order valence-electron chi connectivity index (χ0n) is 24.1. The standard InChI is InChI=1S/C34H41N3O3/c1-21-8-7-9-22(2)37(21)25-14-17-27(32(20-25)40-4)34-33-30(35-28-10-5-6-11-29(28)36-34)18-24(19-31(33)38)23-12-15-26(39-3)16-13-23/h5-6,10-12,14-15,17,20-22,24,34-36H,7-9,13,16,18-19H2,1-4H3. The number of nitrogens with zero attached hydrogens (tertiary/aromatic N) is 1. The summed E-state index contributed by atoms with van der Waals surface area (Å²) in [6, 6.07) is 15.4. The van der Waals surface area contributed by atoms with Gasteiger partial charge in [-0.15, -0.1) is 0 Å². The molecule has 1 saturated heterocycles. The molecule has 2 heterocycles. The number of Topliss-reactive ketones (excluding diaryl/α,β-unsaturated/α-hetero) is 1. The lowest BCUT2D eigenvalue weighted by atomic mass is 9.76. The van der Waals surface area contributed by atoms with Crippen molar-refractivity contribution in [2.75, 3.05) is 29.8 Å². The van der Waals surface area contributed by atoms with Crippen LogP contribution in [0.25, 0.3) is 0 Å². The molecule has 2 aliphatic carbocycles. The Labute approximate surface area is 238 Å². The van der Waals surface area contributed by atoms with Crippen LogP contribution in [0.3, 0.4) is 0 Å². The van der Waals surface area contributed by atoms with E-state index in [-0.39, 0.29) is 17.7 Å². The lowest BCUT2D eigenvalue weighted by Crippen LogP contribution is -2.43. The van der Waals surface area contributed by atoms with Gasteiger partial charge < -0.3 is 25.0 Å². The van der Waals surface area contributed by atoms with Crippen LogP contribution in [0.15, 0.2) is 77.2 Å². The first kappa shape index (κ1) is 26.5. The fourth-order valence-corrected chi connectivity index (χ4v) is 7.16. The summed E-state index contributed by atoms with van der Waals surface area (Å²) in [6.45, 7) is 4.63. The summed E-state index contributed by atoms with van der Waals surface area (Å²) in [5, 5.41) is 7.40. The summed E-state index contributed by atoms with van der Waals surface area (Å²) in [4.78, 5) is 16.6. The maximum atomic E-state index is 14.0. The van der Waals surface area contributed by atoms with Crippen LogP contribution in [0.2, 0.25) is 0 Å². The normalized spacial score (nSPS) is 26.4. The fraction of sp³-hybridized carbons (Fsp3) is 0.441. The van der Waals surface area contributed by atoms with E-state index in [4.69, 9.17) is 9.47 Å². The number of nitrogens with one attached hydrogen (secondary N) is 2. The van der Waals surface area contributed by atoms with Crippen LogP contribution in [0.4, 0.5) is 17.1 Å². The maximum absolute atomic E-state index is 14.0. The van der Waals surface area contributed by atoms with E-state index < -0.39 is 0 Å². The predicted octanol–water partition coefficient (Wildman–Crippen LogP) is 7.52. The van der Waals surface area contributed by atoms with Crippen LogP contribution < -0.4 is 20.3 Å². The van der Waals surface area contributed by atoms with Crippen molar-refractivity contribution in [2.24, 2.45) is 5.92 Å². The van der Waals surface area contributed by atoms with E-state index in [2.05, 4.69) is 71.9 Å². The Hall–Kier alpha value is -3.67. The molecule has 0 amide bonds. The van der Waals surface area contributed by atoms with Crippen LogP contribution in [0.5, 0.6) is 5.75 Å². The number of fused-ring (bicyclic) bond motifs is 1. The second kappa shape index (κ2) is 11.1. The topological polar surface area (TPSA) is 62.8 Å². The average Bonchev–Trinajstić information content (AvgIpc) is 3.14. The van der Waals surface area contributed by atoms with Gasteiger partial charge in [-0.25, -0.2) is 0 Å². The van der Waals surface area contributed by atoms with Crippen molar-refractivity contribution in [2.45, 2.75) is 76.9 Å². The molecule has 0 radical (unpaired) electrons. The summed E-state index contributed by atoms with van der Waals surface area (Å²) in [6.07, 6.45) is 11.0.